The molecule has 0 atom stereocenters. The van der Waals surface area contributed by atoms with Gasteiger partial charge >= 0.3 is 0 Å². The minimum Gasteiger partial charge on any atom is -0.493 e. The number of hydrogen-bond donors (Lipinski definition) is 0. The van der Waals surface area contributed by atoms with Crippen LogP contribution < -0.4 is 4.74 Å². The van der Waals surface area contributed by atoms with Gasteiger partial charge in [-0.05, 0) is 25.1 Å². The van der Waals surface area contributed by atoms with Crippen LogP contribution in [0.3, 0.4) is 0 Å². The van der Waals surface area contributed by atoms with Gasteiger partial charge < -0.3 is 4.74 Å². The Balaban J connectivity index is 2.02. The predicted octanol–water partition coefficient (Wildman–Crippen LogP) is 4.34. The number of para-hydroxylation sites is 2. The summed E-state index contributed by atoms with van der Waals surface area (Å²) in [6.07, 6.45) is 4.04. The van der Waals surface area contributed by atoms with Gasteiger partial charge in [0.25, 0.3) is 0 Å². The molecule has 0 radical (unpaired) electrons. The first kappa shape index (κ1) is 11.7. The minimum absolute atomic E-state index is 0.671. The minimum atomic E-state index is 0.671. The van der Waals surface area contributed by atoms with Gasteiger partial charge in [0.05, 0.1) is 12.3 Å². The summed E-state index contributed by atoms with van der Waals surface area (Å²) in [5.74, 6) is 0.912. The van der Waals surface area contributed by atoms with Crippen molar-refractivity contribution in [1.29, 1.82) is 0 Å². The summed E-state index contributed by atoms with van der Waals surface area (Å²) in [5.41, 5.74) is 4.42. The van der Waals surface area contributed by atoms with Crippen molar-refractivity contribution in [3.8, 4) is 5.75 Å². The van der Waals surface area contributed by atoms with E-state index in [0.29, 0.717) is 6.61 Å². The molecular weight excluding hydrogens is 234 g/mol. The quantitative estimate of drug-likeness (QED) is 0.792. The molecule has 0 aliphatic carbocycles. The standard InChI is InChI=1S/C17H15NO/c1-2-19-17-10-6-3-7-13(17)11-14-12-18-16-9-5-4-8-15(14)16/h3-12H,2H2,1H3. The van der Waals surface area contributed by atoms with Crippen molar-refractivity contribution in [2.75, 3.05) is 6.61 Å². The summed E-state index contributed by atoms with van der Waals surface area (Å²) < 4.78 is 5.65. The Hall–Kier alpha value is -2.35. The van der Waals surface area contributed by atoms with Crippen molar-refractivity contribution in [2.24, 2.45) is 4.99 Å². The number of ether oxygens (including phenoxy) is 1. The SMILES string of the molecule is CCOc1ccccc1C=C1C=Nc2ccccc21. The fourth-order valence-electron chi connectivity index (χ4n) is 2.21. The monoisotopic (exact) mass is 249 g/mol. The average Bonchev–Trinajstić information content (AvgIpc) is 2.85. The lowest BCUT2D eigenvalue weighted by Crippen LogP contribution is -1.93. The van der Waals surface area contributed by atoms with Crippen LogP contribution in [0.4, 0.5) is 5.69 Å². The molecule has 19 heavy (non-hydrogen) atoms. The number of aliphatic imine (C=N–C) groups is 1. The third kappa shape index (κ3) is 2.29. The second kappa shape index (κ2) is 5.11. The molecule has 1 heterocycles. The molecule has 1 aliphatic rings. The van der Waals surface area contributed by atoms with Crippen molar-refractivity contribution in [1.82, 2.24) is 0 Å². The molecule has 1 aliphatic heterocycles. The van der Waals surface area contributed by atoms with E-state index >= 15 is 0 Å². The molecule has 2 nitrogen and oxygen atoms in total. The third-order valence-electron chi connectivity index (χ3n) is 3.09. The zero-order valence-electron chi connectivity index (χ0n) is 10.8. The van der Waals surface area contributed by atoms with E-state index < -0.39 is 0 Å². The summed E-state index contributed by atoms with van der Waals surface area (Å²) in [4.78, 5) is 4.42. The molecule has 0 saturated carbocycles. The number of fused-ring (bicyclic) bond motifs is 1. The Bertz CT molecular complexity index is 656. The molecule has 0 amide bonds. The van der Waals surface area contributed by atoms with Crippen LogP contribution in [-0.4, -0.2) is 12.8 Å². The number of hydrogen-bond acceptors (Lipinski definition) is 2. The smallest absolute Gasteiger partial charge is 0.126 e. The maximum Gasteiger partial charge on any atom is 0.126 e. The van der Waals surface area contributed by atoms with E-state index in [-0.39, 0.29) is 0 Å². The summed E-state index contributed by atoms with van der Waals surface area (Å²) in [6, 6.07) is 16.2. The van der Waals surface area contributed by atoms with E-state index in [1.807, 2.05) is 49.5 Å². The maximum absolute atomic E-state index is 5.65. The molecule has 0 fully saturated rings. The lowest BCUT2D eigenvalue weighted by Gasteiger charge is -2.07. The lowest BCUT2D eigenvalue weighted by atomic mass is 10.0. The molecule has 94 valence electrons. The Morgan fingerprint density at radius 1 is 1.05 bits per heavy atom. The molecule has 0 saturated heterocycles. The topological polar surface area (TPSA) is 21.6 Å². The molecular formula is C17H15NO. The van der Waals surface area contributed by atoms with E-state index in [9.17, 15) is 0 Å². The summed E-state index contributed by atoms with van der Waals surface area (Å²) in [7, 11) is 0. The van der Waals surface area contributed by atoms with Crippen LogP contribution in [0.5, 0.6) is 5.75 Å². The molecule has 2 aromatic carbocycles. The molecule has 3 rings (SSSR count). The summed E-state index contributed by atoms with van der Waals surface area (Å²) in [5, 5.41) is 0. The van der Waals surface area contributed by atoms with Gasteiger partial charge in [0, 0.05) is 22.9 Å². The third-order valence-corrected chi connectivity index (χ3v) is 3.09. The number of nitrogens with zero attached hydrogens (tertiary/aromatic N) is 1. The fourth-order valence-corrected chi connectivity index (χ4v) is 2.21. The Morgan fingerprint density at radius 3 is 2.74 bits per heavy atom. The fraction of sp³-hybridized carbons (Fsp3) is 0.118. The van der Waals surface area contributed by atoms with Crippen LogP contribution in [0.2, 0.25) is 0 Å². The van der Waals surface area contributed by atoms with Crippen molar-refractivity contribution in [3.63, 3.8) is 0 Å². The molecule has 2 aromatic rings. The Kier molecular flexibility index (Phi) is 3.15. The Morgan fingerprint density at radius 2 is 1.84 bits per heavy atom. The van der Waals surface area contributed by atoms with Crippen LogP contribution in [0.1, 0.15) is 18.1 Å². The van der Waals surface area contributed by atoms with Crippen molar-refractivity contribution in [3.05, 3.63) is 59.7 Å². The van der Waals surface area contributed by atoms with Gasteiger partial charge in [0.2, 0.25) is 0 Å². The number of benzene rings is 2. The normalized spacial score (nSPS) is 14.7. The number of rotatable bonds is 3. The van der Waals surface area contributed by atoms with Crippen LogP contribution in [-0.2, 0) is 0 Å². The highest BCUT2D eigenvalue weighted by Crippen LogP contribution is 2.33. The van der Waals surface area contributed by atoms with Gasteiger partial charge in [-0.1, -0.05) is 36.4 Å². The summed E-state index contributed by atoms with van der Waals surface area (Å²) >= 11 is 0. The van der Waals surface area contributed by atoms with Gasteiger partial charge in [-0.15, -0.1) is 0 Å². The van der Waals surface area contributed by atoms with Crippen LogP contribution in [0, 0.1) is 0 Å². The van der Waals surface area contributed by atoms with E-state index in [2.05, 4.69) is 23.2 Å². The van der Waals surface area contributed by atoms with Crippen LogP contribution >= 0.6 is 0 Å². The van der Waals surface area contributed by atoms with Crippen molar-refractivity contribution < 1.29 is 4.74 Å². The molecule has 0 aromatic heterocycles. The van der Waals surface area contributed by atoms with E-state index in [1.165, 1.54) is 5.56 Å². The first-order valence-corrected chi connectivity index (χ1v) is 6.45. The van der Waals surface area contributed by atoms with Crippen LogP contribution in [0.15, 0.2) is 53.5 Å². The van der Waals surface area contributed by atoms with Gasteiger partial charge in [-0.25, -0.2) is 0 Å². The maximum atomic E-state index is 5.65. The molecule has 0 unspecified atom stereocenters. The van der Waals surface area contributed by atoms with Crippen LogP contribution in [0.25, 0.3) is 11.6 Å². The zero-order chi connectivity index (χ0) is 13.1. The molecule has 0 spiro atoms. The molecule has 0 bridgehead atoms. The molecule has 0 N–H and O–H groups in total. The van der Waals surface area contributed by atoms with E-state index in [0.717, 1.165) is 22.6 Å². The second-order valence-corrected chi connectivity index (χ2v) is 4.35. The first-order valence-electron chi connectivity index (χ1n) is 6.45. The van der Waals surface area contributed by atoms with Gasteiger partial charge in [0.15, 0.2) is 0 Å². The lowest BCUT2D eigenvalue weighted by molar-refractivity contribution is 0.339. The largest absolute Gasteiger partial charge is 0.493 e. The highest BCUT2D eigenvalue weighted by atomic mass is 16.5. The van der Waals surface area contributed by atoms with Crippen molar-refractivity contribution in [2.45, 2.75) is 6.92 Å². The highest BCUT2D eigenvalue weighted by molar-refractivity contribution is 6.21. The predicted molar refractivity (Wildman–Crippen MR) is 80.1 cm³/mol. The Labute approximate surface area is 113 Å². The second-order valence-electron chi connectivity index (χ2n) is 4.35. The summed E-state index contributed by atoms with van der Waals surface area (Å²) in [6.45, 7) is 2.67. The van der Waals surface area contributed by atoms with E-state index in [4.69, 9.17) is 4.74 Å². The van der Waals surface area contributed by atoms with E-state index in [1.54, 1.807) is 0 Å². The van der Waals surface area contributed by atoms with Gasteiger partial charge in [-0.3, -0.25) is 4.99 Å². The van der Waals surface area contributed by atoms with Gasteiger partial charge in [-0.2, -0.15) is 0 Å². The zero-order valence-corrected chi connectivity index (χ0v) is 10.8. The molecule has 2 heteroatoms. The number of allylic oxidation sites excluding steroid dienone is 1. The van der Waals surface area contributed by atoms with Gasteiger partial charge in [0.1, 0.15) is 5.75 Å². The van der Waals surface area contributed by atoms with Crippen molar-refractivity contribution >= 4 is 23.6 Å². The average molecular weight is 249 g/mol. The highest BCUT2D eigenvalue weighted by Gasteiger charge is 2.11. The first-order chi connectivity index (χ1) is 9.38.